The molecule has 0 amide bonds. The van der Waals surface area contributed by atoms with E-state index in [4.69, 9.17) is 17.3 Å². The summed E-state index contributed by atoms with van der Waals surface area (Å²) in [5, 5.41) is 15.9. The lowest BCUT2D eigenvalue weighted by Gasteiger charge is -2.24. The summed E-state index contributed by atoms with van der Waals surface area (Å²) in [5.41, 5.74) is 6.26. The number of nitrogen functional groups attached to an aromatic ring is 1. The van der Waals surface area contributed by atoms with E-state index in [0.717, 1.165) is 12.8 Å². The molecule has 1 fully saturated rings. The Kier molecular flexibility index (Phi) is 3.61. The van der Waals surface area contributed by atoms with Crippen LogP contribution in [0.25, 0.3) is 0 Å². The van der Waals surface area contributed by atoms with Gasteiger partial charge < -0.3 is 10.6 Å². The minimum atomic E-state index is -0.420. The summed E-state index contributed by atoms with van der Waals surface area (Å²) in [4.78, 5) is 17.1. The molecule has 3 rings (SSSR count). The van der Waals surface area contributed by atoms with Crippen molar-refractivity contribution in [3.8, 4) is 0 Å². The molecule has 2 N–H and O–H groups in total. The van der Waals surface area contributed by atoms with E-state index in [2.05, 4.69) is 10.1 Å². The largest absolute Gasteiger partial charge is 0.368 e. The second kappa shape index (κ2) is 5.45. The molecule has 2 aromatic rings. The molecule has 0 unspecified atom stereocenters. The second-order valence-corrected chi connectivity index (χ2v) is 5.63. The van der Waals surface area contributed by atoms with Crippen molar-refractivity contribution >= 4 is 28.9 Å². The fourth-order valence-corrected chi connectivity index (χ4v) is 2.93. The van der Waals surface area contributed by atoms with Crippen molar-refractivity contribution in [2.75, 3.05) is 17.2 Å². The zero-order chi connectivity index (χ0) is 15.9. The number of benzene rings is 1. The lowest BCUT2D eigenvalue weighted by molar-refractivity contribution is -0.384. The Labute approximate surface area is 131 Å². The molecule has 9 heteroatoms. The van der Waals surface area contributed by atoms with Crippen LogP contribution in [0, 0.1) is 10.1 Å². The molecule has 0 saturated carbocycles. The van der Waals surface area contributed by atoms with Crippen LogP contribution in [0.15, 0.2) is 18.2 Å². The normalized spacial score (nSPS) is 17.9. The van der Waals surface area contributed by atoms with E-state index in [1.54, 1.807) is 19.2 Å². The average molecular weight is 323 g/mol. The van der Waals surface area contributed by atoms with Crippen LogP contribution >= 0.6 is 11.6 Å². The van der Waals surface area contributed by atoms with Crippen LogP contribution in [0.5, 0.6) is 0 Å². The van der Waals surface area contributed by atoms with E-state index in [-0.39, 0.29) is 11.7 Å². The van der Waals surface area contributed by atoms with Gasteiger partial charge in [0.1, 0.15) is 5.69 Å². The Morgan fingerprint density at radius 1 is 1.50 bits per heavy atom. The summed E-state index contributed by atoms with van der Waals surface area (Å²) in [7, 11) is 1.72. The fraction of sp³-hybridized carbons (Fsp3) is 0.385. The monoisotopic (exact) mass is 322 g/mol. The number of aromatic nitrogens is 3. The van der Waals surface area contributed by atoms with Crippen LogP contribution < -0.4 is 10.6 Å². The Balaban J connectivity index is 2.02. The highest BCUT2D eigenvalue weighted by Crippen LogP contribution is 2.40. The number of nitrogens with zero attached hydrogens (tertiary/aromatic N) is 5. The predicted octanol–water partition coefficient (Wildman–Crippen LogP) is 2.30. The van der Waals surface area contributed by atoms with E-state index < -0.39 is 4.92 Å². The molecule has 0 aliphatic carbocycles. The summed E-state index contributed by atoms with van der Waals surface area (Å²) in [6.07, 6.45) is 1.73. The van der Waals surface area contributed by atoms with Crippen molar-refractivity contribution < 1.29 is 4.92 Å². The van der Waals surface area contributed by atoms with Crippen LogP contribution in [-0.4, -0.2) is 26.2 Å². The van der Waals surface area contributed by atoms with Crippen LogP contribution in [0.4, 0.5) is 17.3 Å². The first-order valence-corrected chi connectivity index (χ1v) is 7.22. The highest BCUT2D eigenvalue weighted by molar-refractivity contribution is 6.30. The molecule has 116 valence electrons. The van der Waals surface area contributed by atoms with Crippen LogP contribution in [0.3, 0.4) is 0 Å². The minimum Gasteiger partial charge on any atom is -0.368 e. The lowest BCUT2D eigenvalue weighted by Crippen LogP contribution is -2.24. The molecule has 1 aliphatic heterocycles. The molecular formula is C13H15ClN6O2. The van der Waals surface area contributed by atoms with E-state index in [9.17, 15) is 10.1 Å². The molecule has 22 heavy (non-hydrogen) atoms. The maximum Gasteiger partial charge on any atom is 0.294 e. The topological polar surface area (TPSA) is 103 Å². The molecule has 8 nitrogen and oxygen atoms in total. The summed E-state index contributed by atoms with van der Waals surface area (Å²) in [6.45, 7) is 0.700. The van der Waals surface area contributed by atoms with Gasteiger partial charge in [0.2, 0.25) is 5.95 Å². The molecule has 0 spiro atoms. The molecular weight excluding hydrogens is 308 g/mol. The van der Waals surface area contributed by atoms with Crippen molar-refractivity contribution in [3.05, 3.63) is 39.2 Å². The van der Waals surface area contributed by atoms with Gasteiger partial charge in [0.15, 0.2) is 5.82 Å². The highest BCUT2D eigenvalue weighted by Gasteiger charge is 2.33. The van der Waals surface area contributed by atoms with Gasteiger partial charge >= 0.3 is 0 Å². The van der Waals surface area contributed by atoms with Crippen molar-refractivity contribution in [1.82, 2.24) is 14.8 Å². The number of nitro groups is 1. The first-order chi connectivity index (χ1) is 10.5. The number of nitro benzene ring substituents is 1. The summed E-state index contributed by atoms with van der Waals surface area (Å²) < 4.78 is 1.50. The molecule has 1 saturated heterocycles. The van der Waals surface area contributed by atoms with Crippen LogP contribution in [-0.2, 0) is 7.05 Å². The van der Waals surface area contributed by atoms with Crippen LogP contribution in [0.2, 0.25) is 5.02 Å². The van der Waals surface area contributed by atoms with Gasteiger partial charge in [-0.2, -0.15) is 10.1 Å². The van der Waals surface area contributed by atoms with Crippen LogP contribution in [0.1, 0.15) is 24.7 Å². The average Bonchev–Trinajstić information content (AvgIpc) is 3.06. The third kappa shape index (κ3) is 2.45. The summed E-state index contributed by atoms with van der Waals surface area (Å²) in [6, 6.07) is 4.57. The molecule has 2 heterocycles. The van der Waals surface area contributed by atoms with E-state index >= 15 is 0 Å². The van der Waals surface area contributed by atoms with Gasteiger partial charge in [-0.05, 0) is 25.0 Å². The maximum absolute atomic E-state index is 11.3. The highest BCUT2D eigenvalue weighted by atomic mass is 35.5. The number of aryl methyl sites for hydroxylation is 1. The standard InChI is InChI=1S/C13H15ClN6O2/c1-18-13(15)16-12(17-18)10-3-2-6-19(10)9-5-4-8(14)7-11(9)20(21)22/h4-5,7,10H,2-3,6H2,1H3,(H2,15,16,17)/t10-/m1/s1. The lowest BCUT2D eigenvalue weighted by atomic mass is 10.2. The first kappa shape index (κ1) is 14.6. The molecule has 0 radical (unpaired) electrons. The molecule has 1 atom stereocenters. The SMILES string of the molecule is Cn1nc([C@H]2CCCN2c2ccc(Cl)cc2[N+](=O)[O-])nc1N. The summed E-state index contributed by atoms with van der Waals surface area (Å²) in [5.74, 6) is 0.911. The maximum atomic E-state index is 11.3. The quantitative estimate of drug-likeness (QED) is 0.687. The zero-order valence-electron chi connectivity index (χ0n) is 11.9. The van der Waals surface area contributed by atoms with E-state index in [0.29, 0.717) is 29.0 Å². The van der Waals surface area contributed by atoms with Crippen molar-refractivity contribution in [1.29, 1.82) is 0 Å². The van der Waals surface area contributed by atoms with Gasteiger partial charge in [-0.25, -0.2) is 4.68 Å². The fourth-order valence-electron chi connectivity index (χ4n) is 2.77. The molecule has 1 aliphatic rings. The molecule has 1 aromatic heterocycles. The zero-order valence-corrected chi connectivity index (χ0v) is 12.7. The number of anilines is 2. The Morgan fingerprint density at radius 2 is 2.27 bits per heavy atom. The number of halogens is 1. The summed E-state index contributed by atoms with van der Waals surface area (Å²) >= 11 is 5.88. The molecule has 1 aromatic carbocycles. The number of hydrogen-bond acceptors (Lipinski definition) is 6. The third-order valence-electron chi connectivity index (χ3n) is 3.81. The Bertz CT molecular complexity index is 712. The minimum absolute atomic E-state index is 0.0108. The second-order valence-electron chi connectivity index (χ2n) is 5.19. The van der Waals surface area contributed by atoms with Gasteiger partial charge in [-0.3, -0.25) is 10.1 Å². The number of nitrogens with two attached hydrogens (primary N) is 1. The van der Waals surface area contributed by atoms with E-state index in [1.165, 1.54) is 10.7 Å². The predicted molar refractivity (Wildman–Crippen MR) is 82.8 cm³/mol. The number of rotatable bonds is 3. The van der Waals surface area contributed by atoms with Crippen molar-refractivity contribution in [3.63, 3.8) is 0 Å². The van der Waals surface area contributed by atoms with Gasteiger partial charge in [0.25, 0.3) is 5.69 Å². The third-order valence-corrected chi connectivity index (χ3v) is 4.04. The number of hydrogen-bond donors (Lipinski definition) is 1. The van der Waals surface area contributed by atoms with Gasteiger partial charge in [-0.1, -0.05) is 11.6 Å². The smallest absolute Gasteiger partial charge is 0.294 e. The van der Waals surface area contributed by atoms with Crippen molar-refractivity contribution in [2.45, 2.75) is 18.9 Å². The van der Waals surface area contributed by atoms with Gasteiger partial charge in [0.05, 0.1) is 11.0 Å². The van der Waals surface area contributed by atoms with E-state index in [1.807, 2.05) is 4.90 Å². The van der Waals surface area contributed by atoms with Crippen molar-refractivity contribution in [2.24, 2.45) is 7.05 Å². The Hall–Kier alpha value is -2.35. The molecule has 0 bridgehead atoms. The van der Waals surface area contributed by atoms with Gasteiger partial charge in [0, 0.05) is 24.7 Å². The van der Waals surface area contributed by atoms with Gasteiger partial charge in [-0.15, -0.1) is 0 Å². The Morgan fingerprint density at radius 3 is 2.91 bits per heavy atom. The first-order valence-electron chi connectivity index (χ1n) is 6.84.